The van der Waals surface area contributed by atoms with E-state index >= 15 is 0 Å². The smallest absolute Gasteiger partial charge is 0.220 e. The summed E-state index contributed by atoms with van der Waals surface area (Å²) in [7, 11) is 0. The molecule has 0 aromatic heterocycles. The number of para-hydroxylation sites is 1. The number of hydrogen-bond acceptors (Lipinski definition) is 2. The van der Waals surface area contributed by atoms with Crippen molar-refractivity contribution < 1.29 is 9.90 Å². The number of carbonyl (C=O) groups excluding carboxylic acids is 1. The highest BCUT2D eigenvalue weighted by Crippen LogP contribution is 2.29. The summed E-state index contributed by atoms with van der Waals surface area (Å²) in [4.78, 5) is 12.2. The zero-order valence-electron chi connectivity index (χ0n) is 12.6. The van der Waals surface area contributed by atoms with Gasteiger partial charge in [-0.1, -0.05) is 42.5 Å². The van der Waals surface area contributed by atoms with Crippen molar-refractivity contribution in [2.24, 2.45) is 0 Å². The second-order valence-corrected chi connectivity index (χ2v) is 5.84. The molecule has 2 aromatic carbocycles. The van der Waals surface area contributed by atoms with E-state index in [1.165, 1.54) is 11.1 Å². The summed E-state index contributed by atoms with van der Waals surface area (Å²) in [6, 6.07) is 15.7. The summed E-state index contributed by atoms with van der Waals surface area (Å²) >= 11 is 0. The Morgan fingerprint density at radius 2 is 1.91 bits per heavy atom. The number of benzene rings is 2. The lowest BCUT2D eigenvalue weighted by atomic mass is 9.87. The Hall–Kier alpha value is -2.29. The van der Waals surface area contributed by atoms with Gasteiger partial charge in [0, 0.05) is 6.42 Å². The number of amides is 1. The molecule has 3 heteroatoms. The fourth-order valence-electron chi connectivity index (χ4n) is 3.14. The molecule has 0 saturated heterocycles. The lowest BCUT2D eigenvalue weighted by molar-refractivity contribution is -0.121. The average molecular weight is 295 g/mol. The van der Waals surface area contributed by atoms with E-state index in [4.69, 9.17) is 0 Å². The number of hydrogen-bond donors (Lipinski definition) is 2. The van der Waals surface area contributed by atoms with Gasteiger partial charge >= 0.3 is 0 Å². The molecule has 3 nitrogen and oxygen atoms in total. The van der Waals surface area contributed by atoms with Gasteiger partial charge in [-0.15, -0.1) is 0 Å². The van der Waals surface area contributed by atoms with Crippen LogP contribution >= 0.6 is 0 Å². The summed E-state index contributed by atoms with van der Waals surface area (Å²) < 4.78 is 0. The molecular weight excluding hydrogens is 274 g/mol. The Balaban J connectivity index is 1.60. The first-order valence-electron chi connectivity index (χ1n) is 7.88. The molecule has 1 aliphatic carbocycles. The molecule has 1 aliphatic rings. The number of aryl methyl sites for hydroxylation is 2. The number of phenolic OH excluding ortho intramolecular Hbond substituents is 1. The molecule has 2 aromatic rings. The SMILES string of the molecule is O=C(CCc1ccccc1O)N[C@H]1CCCc2ccccc21. The van der Waals surface area contributed by atoms with Crippen LogP contribution in [0.1, 0.15) is 42.0 Å². The van der Waals surface area contributed by atoms with Crippen LogP contribution in [0.3, 0.4) is 0 Å². The van der Waals surface area contributed by atoms with Crippen LogP contribution in [0.15, 0.2) is 48.5 Å². The first-order valence-corrected chi connectivity index (χ1v) is 7.88. The third-order valence-electron chi connectivity index (χ3n) is 4.32. The second kappa shape index (κ2) is 6.65. The summed E-state index contributed by atoms with van der Waals surface area (Å²) in [5, 5.41) is 12.9. The highest BCUT2D eigenvalue weighted by Gasteiger charge is 2.21. The number of nitrogens with one attached hydrogen (secondary N) is 1. The number of aromatic hydroxyl groups is 1. The predicted octanol–water partition coefficient (Wildman–Crippen LogP) is 3.52. The van der Waals surface area contributed by atoms with Crippen LogP contribution in [-0.2, 0) is 17.6 Å². The summed E-state index contributed by atoms with van der Waals surface area (Å²) in [6.07, 6.45) is 4.17. The van der Waals surface area contributed by atoms with Crippen molar-refractivity contribution in [3.63, 3.8) is 0 Å². The van der Waals surface area contributed by atoms with E-state index in [1.807, 2.05) is 18.2 Å². The highest BCUT2D eigenvalue weighted by atomic mass is 16.3. The van der Waals surface area contributed by atoms with Crippen molar-refractivity contribution >= 4 is 5.91 Å². The van der Waals surface area contributed by atoms with E-state index in [9.17, 15) is 9.90 Å². The van der Waals surface area contributed by atoms with Crippen LogP contribution in [0.2, 0.25) is 0 Å². The van der Waals surface area contributed by atoms with Gasteiger partial charge in [-0.05, 0) is 48.4 Å². The largest absolute Gasteiger partial charge is 0.508 e. The van der Waals surface area contributed by atoms with E-state index < -0.39 is 0 Å². The van der Waals surface area contributed by atoms with Gasteiger partial charge in [-0.2, -0.15) is 0 Å². The molecule has 0 heterocycles. The number of phenols is 1. The molecule has 0 radical (unpaired) electrons. The van der Waals surface area contributed by atoms with Crippen molar-refractivity contribution in [2.75, 3.05) is 0 Å². The topological polar surface area (TPSA) is 49.3 Å². The van der Waals surface area contributed by atoms with Crippen molar-refractivity contribution in [3.05, 3.63) is 65.2 Å². The quantitative estimate of drug-likeness (QED) is 0.906. The number of rotatable bonds is 4. The first kappa shape index (κ1) is 14.6. The maximum absolute atomic E-state index is 12.2. The van der Waals surface area contributed by atoms with Gasteiger partial charge in [0.2, 0.25) is 5.91 Å². The van der Waals surface area contributed by atoms with Crippen LogP contribution < -0.4 is 5.32 Å². The molecule has 0 aliphatic heterocycles. The van der Waals surface area contributed by atoms with Gasteiger partial charge in [0.15, 0.2) is 0 Å². The van der Waals surface area contributed by atoms with E-state index in [0.29, 0.717) is 12.8 Å². The zero-order chi connectivity index (χ0) is 15.4. The molecule has 1 atom stereocenters. The van der Waals surface area contributed by atoms with Crippen molar-refractivity contribution in [1.29, 1.82) is 0 Å². The molecule has 0 fully saturated rings. The minimum absolute atomic E-state index is 0.0463. The first-order chi connectivity index (χ1) is 10.7. The molecular formula is C19H21NO2. The Morgan fingerprint density at radius 3 is 2.77 bits per heavy atom. The molecule has 2 N–H and O–H groups in total. The van der Waals surface area contributed by atoms with Crippen LogP contribution in [0.5, 0.6) is 5.75 Å². The van der Waals surface area contributed by atoms with Crippen molar-refractivity contribution in [3.8, 4) is 5.75 Å². The predicted molar refractivity (Wildman–Crippen MR) is 86.7 cm³/mol. The Morgan fingerprint density at radius 1 is 1.14 bits per heavy atom. The van der Waals surface area contributed by atoms with Crippen LogP contribution in [-0.4, -0.2) is 11.0 Å². The summed E-state index contributed by atoms with van der Waals surface area (Å²) in [5.41, 5.74) is 3.42. The normalized spacial score (nSPS) is 16.8. The van der Waals surface area contributed by atoms with Gasteiger partial charge in [-0.25, -0.2) is 0 Å². The molecule has 1 amide bonds. The molecule has 114 valence electrons. The summed E-state index contributed by atoms with van der Waals surface area (Å²) in [5.74, 6) is 0.309. The second-order valence-electron chi connectivity index (χ2n) is 5.84. The maximum atomic E-state index is 12.2. The van der Waals surface area contributed by atoms with Crippen LogP contribution in [0.4, 0.5) is 0 Å². The van der Waals surface area contributed by atoms with E-state index in [2.05, 4.69) is 23.5 Å². The van der Waals surface area contributed by atoms with Gasteiger partial charge in [0.05, 0.1) is 6.04 Å². The van der Waals surface area contributed by atoms with Crippen molar-refractivity contribution in [1.82, 2.24) is 5.32 Å². The van der Waals surface area contributed by atoms with E-state index in [0.717, 1.165) is 24.8 Å². The lowest BCUT2D eigenvalue weighted by Gasteiger charge is -2.26. The molecule has 0 unspecified atom stereocenters. The third-order valence-corrected chi connectivity index (χ3v) is 4.32. The Bertz CT molecular complexity index is 666. The summed E-state index contributed by atoms with van der Waals surface area (Å²) in [6.45, 7) is 0. The maximum Gasteiger partial charge on any atom is 0.220 e. The molecule has 22 heavy (non-hydrogen) atoms. The van der Waals surface area contributed by atoms with Crippen LogP contribution in [0.25, 0.3) is 0 Å². The van der Waals surface area contributed by atoms with Gasteiger partial charge in [0.25, 0.3) is 0 Å². The van der Waals surface area contributed by atoms with E-state index in [-0.39, 0.29) is 17.7 Å². The van der Waals surface area contributed by atoms with Gasteiger partial charge in [0.1, 0.15) is 5.75 Å². The molecule has 3 rings (SSSR count). The Kier molecular flexibility index (Phi) is 4.42. The minimum atomic E-state index is 0.0463. The van der Waals surface area contributed by atoms with Gasteiger partial charge < -0.3 is 10.4 Å². The monoisotopic (exact) mass is 295 g/mol. The van der Waals surface area contributed by atoms with Gasteiger partial charge in [-0.3, -0.25) is 4.79 Å². The molecule has 0 bridgehead atoms. The lowest BCUT2D eigenvalue weighted by Crippen LogP contribution is -2.31. The number of carbonyl (C=O) groups is 1. The number of fused-ring (bicyclic) bond motifs is 1. The molecule has 0 saturated carbocycles. The zero-order valence-corrected chi connectivity index (χ0v) is 12.6. The Labute approximate surface area is 131 Å². The standard InChI is InChI=1S/C19H21NO2/c21-18-11-4-2-7-15(18)12-13-19(22)20-17-10-5-8-14-6-1-3-9-16(14)17/h1-4,6-7,9,11,17,21H,5,8,10,12-13H2,(H,20,22)/t17-/m0/s1. The third kappa shape index (κ3) is 3.30. The van der Waals surface area contributed by atoms with Crippen molar-refractivity contribution in [2.45, 2.75) is 38.1 Å². The highest BCUT2D eigenvalue weighted by molar-refractivity contribution is 5.77. The fourth-order valence-corrected chi connectivity index (χ4v) is 3.14. The van der Waals surface area contributed by atoms with Crippen LogP contribution in [0, 0.1) is 0 Å². The minimum Gasteiger partial charge on any atom is -0.508 e. The fraction of sp³-hybridized carbons (Fsp3) is 0.316. The molecule has 0 spiro atoms. The van der Waals surface area contributed by atoms with E-state index in [1.54, 1.807) is 12.1 Å². The average Bonchev–Trinajstić information content (AvgIpc) is 2.54.